The zero-order valence-electron chi connectivity index (χ0n) is 31.3. The molecular formula is C38H52ClN9O6. The Morgan fingerprint density at radius 2 is 1.50 bits per heavy atom. The summed E-state index contributed by atoms with van der Waals surface area (Å²) in [5.41, 5.74) is 13.1. The number of aryl methyl sites for hydroxylation is 1. The number of carbonyl (C=O) groups excluding carboxylic acids is 4. The van der Waals surface area contributed by atoms with Gasteiger partial charge >= 0.3 is 5.97 Å². The molecule has 2 aromatic carbocycles. The first kappa shape index (κ1) is 43.0. The summed E-state index contributed by atoms with van der Waals surface area (Å²) in [4.78, 5) is 70.9. The largest absolute Gasteiger partial charge is 0.480 e. The Kier molecular flexibility index (Phi) is 16.5. The summed E-state index contributed by atoms with van der Waals surface area (Å²) in [6.45, 7) is 9.34. The number of carboxylic acid groups (broad SMARTS) is 1. The van der Waals surface area contributed by atoms with Crippen LogP contribution in [0.15, 0.2) is 65.7 Å². The fourth-order valence-electron chi connectivity index (χ4n) is 5.68. The smallest absolute Gasteiger partial charge is 0.326 e. The maximum atomic E-state index is 13.9. The van der Waals surface area contributed by atoms with Gasteiger partial charge in [-0.2, -0.15) is 5.10 Å². The third kappa shape index (κ3) is 13.2. The van der Waals surface area contributed by atoms with Crippen molar-refractivity contribution in [3.63, 3.8) is 0 Å². The molecule has 54 heavy (non-hydrogen) atoms. The topological polar surface area (TPSA) is 236 Å². The number of nitrogens with zero attached hydrogens (tertiary/aromatic N) is 3. The Balaban J connectivity index is 1.81. The summed E-state index contributed by atoms with van der Waals surface area (Å²) in [5.74, 6) is -4.32. The van der Waals surface area contributed by atoms with Crippen LogP contribution in [0.4, 0.5) is 0 Å². The van der Waals surface area contributed by atoms with E-state index < -0.39 is 53.8 Å². The summed E-state index contributed by atoms with van der Waals surface area (Å²) in [7, 11) is 0. The Morgan fingerprint density at radius 1 is 0.870 bits per heavy atom. The molecule has 0 aliphatic heterocycles. The second kappa shape index (κ2) is 20.7. The molecule has 16 heteroatoms. The zero-order chi connectivity index (χ0) is 39.9. The number of nitrogens with two attached hydrogens (primary N) is 2. The molecule has 4 amide bonds. The number of amides is 4. The van der Waals surface area contributed by atoms with Crippen LogP contribution in [0.1, 0.15) is 75.1 Å². The van der Waals surface area contributed by atoms with Gasteiger partial charge in [0.1, 0.15) is 24.2 Å². The molecule has 0 bridgehead atoms. The van der Waals surface area contributed by atoms with Crippen molar-refractivity contribution >= 4 is 47.2 Å². The predicted octanol–water partition coefficient (Wildman–Crippen LogP) is 2.86. The molecule has 0 unspecified atom stereocenters. The maximum Gasteiger partial charge on any atom is 0.326 e. The lowest BCUT2D eigenvalue weighted by molar-refractivity contribution is -0.142. The van der Waals surface area contributed by atoms with Gasteiger partial charge < -0.3 is 37.8 Å². The number of carbonyl (C=O) groups is 5. The van der Waals surface area contributed by atoms with Crippen molar-refractivity contribution in [1.82, 2.24) is 31.0 Å². The van der Waals surface area contributed by atoms with Crippen LogP contribution in [0.3, 0.4) is 0 Å². The molecule has 0 aliphatic rings. The van der Waals surface area contributed by atoms with Gasteiger partial charge in [-0.15, -0.1) is 0 Å². The van der Waals surface area contributed by atoms with Crippen LogP contribution >= 0.6 is 11.6 Å². The average Bonchev–Trinajstić information content (AvgIpc) is 3.52. The van der Waals surface area contributed by atoms with Crippen LogP contribution in [-0.4, -0.2) is 81.2 Å². The van der Waals surface area contributed by atoms with Crippen molar-refractivity contribution in [3.8, 4) is 5.69 Å². The van der Waals surface area contributed by atoms with Crippen molar-refractivity contribution in [2.75, 3.05) is 6.54 Å². The molecule has 1 heterocycles. The fourth-order valence-corrected chi connectivity index (χ4v) is 5.80. The van der Waals surface area contributed by atoms with Gasteiger partial charge in [-0.1, -0.05) is 76.0 Å². The number of hydrogen-bond acceptors (Lipinski definition) is 7. The van der Waals surface area contributed by atoms with E-state index in [2.05, 4.69) is 31.4 Å². The van der Waals surface area contributed by atoms with Crippen LogP contribution in [0.25, 0.3) is 5.69 Å². The lowest BCUT2D eigenvalue weighted by Gasteiger charge is -2.29. The summed E-state index contributed by atoms with van der Waals surface area (Å²) >= 11 is 6.03. The SMILES string of the molecule is CC[C@H](C)[C@H](NC(=O)[C@H](CC(C)C)NC(=O)[C@H](CCCN=C(N)N)NC(=O)c1cc(C)n(-c2ccc(Cl)cc2)n1)C(=O)N[C@@H](Cc1ccccc1)C(=O)O. The van der Waals surface area contributed by atoms with E-state index in [0.717, 1.165) is 5.56 Å². The number of guanidine groups is 1. The molecule has 0 spiro atoms. The van der Waals surface area contributed by atoms with Crippen LogP contribution in [0, 0.1) is 18.8 Å². The molecular weight excluding hydrogens is 714 g/mol. The van der Waals surface area contributed by atoms with E-state index in [4.69, 9.17) is 23.1 Å². The van der Waals surface area contributed by atoms with E-state index in [0.29, 0.717) is 29.2 Å². The van der Waals surface area contributed by atoms with Gasteiger partial charge in [0.25, 0.3) is 5.91 Å². The first-order valence-corrected chi connectivity index (χ1v) is 18.3. The lowest BCUT2D eigenvalue weighted by Crippen LogP contribution is -2.59. The van der Waals surface area contributed by atoms with Crippen molar-refractivity contribution in [2.24, 2.45) is 28.3 Å². The third-order valence-corrected chi connectivity index (χ3v) is 9.04. The number of nitrogens with one attached hydrogen (secondary N) is 4. The molecule has 0 saturated heterocycles. The van der Waals surface area contributed by atoms with Gasteiger partial charge in [-0.25, -0.2) is 9.48 Å². The highest BCUT2D eigenvalue weighted by molar-refractivity contribution is 6.30. The van der Waals surface area contributed by atoms with Crippen LogP contribution < -0.4 is 32.7 Å². The van der Waals surface area contributed by atoms with E-state index >= 15 is 0 Å². The molecule has 0 aliphatic carbocycles. The molecule has 9 N–H and O–H groups in total. The van der Waals surface area contributed by atoms with Gasteiger partial charge in [-0.3, -0.25) is 24.2 Å². The lowest BCUT2D eigenvalue weighted by atomic mass is 9.96. The number of benzene rings is 2. The normalized spacial score (nSPS) is 13.8. The number of aromatic nitrogens is 2. The summed E-state index contributed by atoms with van der Waals surface area (Å²) in [5, 5.41) is 25.8. The van der Waals surface area contributed by atoms with E-state index in [9.17, 15) is 29.1 Å². The van der Waals surface area contributed by atoms with Gasteiger partial charge in [0.15, 0.2) is 11.7 Å². The first-order valence-electron chi connectivity index (χ1n) is 18.0. The van der Waals surface area contributed by atoms with Crippen LogP contribution in [0.5, 0.6) is 0 Å². The van der Waals surface area contributed by atoms with Crippen molar-refractivity contribution < 1.29 is 29.1 Å². The van der Waals surface area contributed by atoms with E-state index in [1.54, 1.807) is 79.2 Å². The van der Waals surface area contributed by atoms with E-state index in [-0.39, 0.29) is 49.3 Å². The Hall–Kier alpha value is -5.44. The van der Waals surface area contributed by atoms with Gasteiger partial charge in [-0.05, 0) is 73.9 Å². The maximum absolute atomic E-state index is 13.9. The highest BCUT2D eigenvalue weighted by Crippen LogP contribution is 2.17. The number of aliphatic carboxylic acids is 1. The van der Waals surface area contributed by atoms with Crippen LogP contribution in [0.2, 0.25) is 5.02 Å². The highest BCUT2D eigenvalue weighted by atomic mass is 35.5. The number of aliphatic imine (C=N–C) groups is 1. The number of carboxylic acids is 1. The van der Waals surface area contributed by atoms with Crippen molar-refractivity contribution in [1.29, 1.82) is 0 Å². The Bertz CT molecular complexity index is 1760. The second-order valence-corrected chi connectivity index (χ2v) is 14.1. The molecule has 0 radical (unpaired) electrons. The number of halogens is 1. The molecule has 292 valence electrons. The number of hydrogen-bond donors (Lipinski definition) is 7. The molecule has 0 fully saturated rings. The minimum absolute atomic E-state index is 0.0480. The summed E-state index contributed by atoms with van der Waals surface area (Å²) in [6, 6.07) is 12.9. The molecule has 0 saturated carbocycles. The quantitative estimate of drug-likeness (QED) is 0.0508. The summed E-state index contributed by atoms with van der Waals surface area (Å²) in [6.07, 6.45) is 1.19. The average molecular weight is 766 g/mol. The molecule has 5 atom stereocenters. The fraction of sp³-hybridized carbons (Fsp3) is 0.447. The van der Waals surface area contributed by atoms with E-state index in [1.807, 2.05) is 20.8 Å². The molecule has 1 aromatic heterocycles. The van der Waals surface area contributed by atoms with Crippen molar-refractivity contribution in [3.05, 3.63) is 82.6 Å². The Morgan fingerprint density at radius 3 is 2.09 bits per heavy atom. The van der Waals surface area contributed by atoms with Crippen molar-refractivity contribution in [2.45, 2.75) is 90.9 Å². The minimum Gasteiger partial charge on any atom is -0.480 e. The second-order valence-electron chi connectivity index (χ2n) is 13.7. The minimum atomic E-state index is -1.24. The predicted molar refractivity (Wildman–Crippen MR) is 207 cm³/mol. The first-order chi connectivity index (χ1) is 25.6. The Labute approximate surface area is 320 Å². The molecule has 15 nitrogen and oxygen atoms in total. The number of rotatable bonds is 20. The highest BCUT2D eigenvalue weighted by Gasteiger charge is 2.34. The zero-order valence-corrected chi connectivity index (χ0v) is 32.1. The molecule has 3 aromatic rings. The van der Waals surface area contributed by atoms with E-state index in [1.165, 1.54) is 0 Å². The summed E-state index contributed by atoms with van der Waals surface area (Å²) < 4.78 is 1.58. The van der Waals surface area contributed by atoms with Gasteiger partial charge in [0.05, 0.1) is 5.69 Å². The molecule has 3 rings (SSSR count). The monoisotopic (exact) mass is 765 g/mol. The van der Waals surface area contributed by atoms with Gasteiger partial charge in [0, 0.05) is 23.7 Å². The van der Waals surface area contributed by atoms with Crippen LogP contribution in [-0.2, 0) is 25.6 Å². The standard InChI is InChI=1S/C38H52ClN9O6/c1-6-23(4)32(36(52)45-31(37(53)54)21-25-11-8-7-9-12-25)46-34(50)29(19-22(2)3)44-33(49)28(13-10-18-42-38(40)41)43-35(51)30-20-24(5)48(47-30)27-16-14-26(39)15-17-27/h7-9,11-12,14-17,20,22-23,28-29,31-32H,6,10,13,18-19,21H2,1-5H3,(H,43,51)(H,44,49)(H,45,52)(H,46,50)(H,53,54)(H4,40,41,42)/t23-,28-,29-,31-,32-/m0/s1. The van der Waals surface area contributed by atoms with Gasteiger partial charge in [0.2, 0.25) is 17.7 Å². The third-order valence-electron chi connectivity index (χ3n) is 8.79.